The number of aryl methyl sites for hydroxylation is 1. The van der Waals surface area contributed by atoms with Gasteiger partial charge in [0.1, 0.15) is 12.4 Å². The number of carbonyl (C=O) groups is 2. The smallest absolute Gasteiger partial charge is 0.253 e. The van der Waals surface area contributed by atoms with Gasteiger partial charge in [0.15, 0.2) is 5.78 Å². The van der Waals surface area contributed by atoms with Gasteiger partial charge in [-0.25, -0.2) is 0 Å². The van der Waals surface area contributed by atoms with Gasteiger partial charge in [-0.1, -0.05) is 37.3 Å². The molecule has 4 nitrogen and oxygen atoms in total. The fourth-order valence-corrected chi connectivity index (χ4v) is 2.40. The molecule has 0 aliphatic rings. The van der Waals surface area contributed by atoms with Crippen LogP contribution in [0.2, 0.25) is 0 Å². The van der Waals surface area contributed by atoms with Crippen LogP contribution in [-0.4, -0.2) is 36.8 Å². The third-order valence-corrected chi connectivity index (χ3v) is 3.92. The minimum absolute atomic E-state index is 0.00894. The van der Waals surface area contributed by atoms with E-state index in [1.807, 2.05) is 24.3 Å². The molecule has 126 valence electrons. The van der Waals surface area contributed by atoms with Crippen molar-refractivity contribution in [3.8, 4) is 5.75 Å². The van der Waals surface area contributed by atoms with Crippen molar-refractivity contribution in [3.63, 3.8) is 0 Å². The molecule has 2 aromatic carbocycles. The standard InChI is InChI=1S/C20H23NO3/c1-4-16-7-5-6-8-19(16)24-14-13-21(3)20(23)18-11-9-17(10-12-18)15(2)22/h5-12H,4,13-14H2,1-3H3. The Bertz CT molecular complexity index is 707. The Kier molecular flexibility index (Phi) is 6.13. The molecule has 0 heterocycles. The summed E-state index contributed by atoms with van der Waals surface area (Å²) in [6.07, 6.45) is 0.910. The Morgan fingerprint density at radius 2 is 1.62 bits per heavy atom. The normalized spacial score (nSPS) is 10.3. The van der Waals surface area contributed by atoms with Crippen LogP contribution in [0.4, 0.5) is 0 Å². The first-order valence-corrected chi connectivity index (χ1v) is 8.10. The highest BCUT2D eigenvalue weighted by molar-refractivity contribution is 5.97. The number of benzene rings is 2. The van der Waals surface area contributed by atoms with Crippen molar-refractivity contribution in [1.29, 1.82) is 0 Å². The van der Waals surface area contributed by atoms with Crippen LogP contribution in [0.25, 0.3) is 0 Å². The molecular weight excluding hydrogens is 302 g/mol. The van der Waals surface area contributed by atoms with Gasteiger partial charge in [0.2, 0.25) is 0 Å². The van der Waals surface area contributed by atoms with E-state index in [-0.39, 0.29) is 11.7 Å². The predicted molar refractivity (Wildman–Crippen MR) is 94.7 cm³/mol. The second-order valence-electron chi connectivity index (χ2n) is 5.67. The molecule has 0 fully saturated rings. The van der Waals surface area contributed by atoms with Crippen molar-refractivity contribution in [2.45, 2.75) is 20.3 Å². The van der Waals surface area contributed by atoms with Crippen molar-refractivity contribution in [2.75, 3.05) is 20.2 Å². The predicted octanol–water partition coefficient (Wildman–Crippen LogP) is 3.60. The maximum absolute atomic E-state index is 12.4. The number of Topliss-reactive ketones (excluding diaryl/α,β-unsaturated/α-hetero) is 1. The lowest BCUT2D eigenvalue weighted by Crippen LogP contribution is -2.31. The van der Waals surface area contributed by atoms with Crippen LogP contribution in [0.3, 0.4) is 0 Å². The summed E-state index contributed by atoms with van der Waals surface area (Å²) >= 11 is 0. The summed E-state index contributed by atoms with van der Waals surface area (Å²) < 4.78 is 5.80. The first kappa shape index (κ1) is 17.7. The average Bonchev–Trinajstić information content (AvgIpc) is 2.61. The molecule has 0 saturated carbocycles. The zero-order chi connectivity index (χ0) is 17.5. The summed E-state index contributed by atoms with van der Waals surface area (Å²) in [4.78, 5) is 25.3. The van der Waals surface area contributed by atoms with E-state index in [0.717, 1.165) is 17.7 Å². The maximum Gasteiger partial charge on any atom is 0.253 e. The Balaban J connectivity index is 1.90. The van der Waals surface area contributed by atoms with Crippen LogP contribution in [0.5, 0.6) is 5.75 Å². The molecule has 0 spiro atoms. The zero-order valence-electron chi connectivity index (χ0n) is 14.4. The fourth-order valence-electron chi connectivity index (χ4n) is 2.40. The van der Waals surface area contributed by atoms with Gasteiger partial charge in [-0.3, -0.25) is 9.59 Å². The first-order valence-electron chi connectivity index (χ1n) is 8.10. The zero-order valence-corrected chi connectivity index (χ0v) is 14.4. The van der Waals surface area contributed by atoms with E-state index in [4.69, 9.17) is 4.74 Å². The van der Waals surface area contributed by atoms with E-state index < -0.39 is 0 Å². The van der Waals surface area contributed by atoms with Crippen LogP contribution in [0.1, 0.15) is 40.1 Å². The van der Waals surface area contributed by atoms with Crippen molar-refractivity contribution in [1.82, 2.24) is 4.90 Å². The highest BCUT2D eigenvalue weighted by Gasteiger charge is 2.12. The molecule has 0 aliphatic heterocycles. The van der Waals surface area contributed by atoms with E-state index >= 15 is 0 Å². The summed E-state index contributed by atoms with van der Waals surface area (Å²) in [6.45, 7) is 4.52. The summed E-state index contributed by atoms with van der Waals surface area (Å²) in [5, 5.41) is 0. The number of hydrogen-bond donors (Lipinski definition) is 0. The Morgan fingerprint density at radius 1 is 1.00 bits per heavy atom. The number of amides is 1. The lowest BCUT2D eigenvalue weighted by molar-refractivity contribution is 0.0773. The number of carbonyl (C=O) groups excluding carboxylic acids is 2. The molecule has 0 radical (unpaired) electrons. The number of nitrogens with zero attached hydrogens (tertiary/aromatic N) is 1. The molecule has 0 bridgehead atoms. The number of hydrogen-bond acceptors (Lipinski definition) is 3. The van der Waals surface area contributed by atoms with Crippen molar-refractivity contribution in [3.05, 3.63) is 65.2 Å². The number of rotatable bonds is 7. The molecule has 0 atom stereocenters. The van der Waals surface area contributed by atoms with Crippen molar-refractivity contribution >= 4 is 11.7 Å². The minimum Gasteiger partial charge on any atom is -0.491 e. The Labute approximate surface area is 143 Å². The maximum atomic E-state index is 12.4. The van der Waals surface area contributed by atoms with Gasteiger partial charge < -0.3 is 9.64 Å². The van der Waals surface area contributed by atoms with E-state index in [9.17, 15) is 9.59 Å². The second kappa shape index (κ2) is 8.29. The molecule has 0 aliphatic carbocycles. The topological polar surface area (TPSA) is 46.6 Å². The molecule has 2 rings (SSSR count). The first-order chi connectivity index (χ1) is 11.5. The number of para-hydroxylation sites is 1. The van der Waals surface area contributed by atoms with E-state index in [1.165, 1.54) is 6.92 Å². The molecule has 24 heavy (non-hydrogen) atoms. The van der Waals surface area contributed by atoms with Crippen LogP contribution in [0.15, 0.2) is 48.5 Å². The molecule has 0 aromatic heterocycles. The molecule has 0 saturated heterocycles. The van der Waals surface area contributed by atoms with Crippen LogP contribution in [-0.2, 0) is 6.42 Å². The van der Waals surface area contributed by atoms with Gasteiger partial charge in [-0.2, -0.15) is 0 Å². The summed E-state index contributed by atoms with van der Waals surface area (Å²) in [5.74, 6) is 0.773. The van der Waals surface area contributed by atoms with E-state index in [0.29, 0.717) is 24.3 Å². The lowest BCUT2D eigenvalue weighted by Gasteiger charge is -2.18. The van der Waals surface area contributed by atoms with Crippen molar-refractivity contribution < 1.29 is 14.3 Å². The third kappa shape index (κ3) is 4.44. The molecular formula is C20H23NO3. The second-order valence-corrected chi connectivity index (χ2v) is 5.67. The van der Waals surface area contributed by atoms with Crippen LogP contribution >= 0.6 is 0 Å². The van der Waals surface area contributed by atoms with Gasteiger partial charge in [0.05, 0.1) is 6.54 Å². The Hall–Kier alpha value is -2.62. The van der Waals surface area contributed by atoms with Crippen LogP contribution in [0, 0.1) is 0 Å². The summed E-state index contributed by atoms with van der Waals surface area (Å²) in [6, 6.07) is 14.6. The minimum atomic E-state index is -0.0857. The van der Waals surface area contributed by atoms with Gasteiger partial charge >= 0.3 is 0 Å². The quantitative estimate of drug-likeness (QED) is 0.731. The third-order valence-electron chi connectivity index (χ3n) is 3.92. The lowest BCUT2D eigenvalue weighted by atomic mass is 10.1. The number of likely N-dealkylation sites (N-methyl/N-ethyl adjacent to an activating group) is 1. The average molecular weight is 325 g/mol. The monoisotopic (exact) mass is 325 g/mol. The van der Waals surface area contributed by atoms with Crippen LogP contribution < -0.4 is 4.74 Å². The highest BCUT2D eigenvalue weighted by atomic mass is 16.5. The summed E-state index contributed by atoms with van der Waals surface area (Å²) in [7, 11) is 1.75. The van der Waals surface area contributed by atoms with Gasteiger partial charge in [-0.15, -0.1) is 0 Å². The number of ether oxygens (including phenoxy) is 1. The molecule has 2 aromatic rings. The molecule has 4 heteroatoms. The largest absolute Gasteiger partial charge is 0.491 e. The summed E-state index contributed by atoms with van der Waals surface area (Å²) in [5.41, 5.74) is 2.33. The molecule has 1 amide bonds. The van der Waals surface area contributed by atoms with Gasteiger partial charge in [-0.05, 0) is 37.1 Å². The van der Waals surface area contributed by atoms with Crippen molar-refractivity contribution in [2.24, 2.45) is 0 Å². The van der Waals surface area contributed by atoms with E-state index in [1.54, 1.807) is 36.2 Å². The van der Waals surface area contributed by atoms with Gasteiger partial charge in [0.25, 0.3) is 5.91 Å². The van der Waals surface area contributed by atoms with Gasteiger partial charge in [0, 0.05) is 18.2 Å². The fraction of sp³-hybridized carbons (Fsp3) is 0.300. The number of ketones is 1. The van der Waals surface area contributed by atoms with E-state index in [2.05, 4.69) is 6.92 Å². The molecule has 0 N–H and O–H groups in total. The molecule has 0 unspecified atom stereocenters. The Morgan fingerprint density at radius 3 is 2.25 bits per heavy atom. The highest BCUT2D eigenvalue weighted by Crippen LogP contribution is 2.18. The SMILES string of the molecule is CCc1ccccc1OCCN(C)C(=O)c1ccc(C(C)=O)cc1.